The molecule has 1 heterocycles. The molecule has 0 saturated heterocycles. The van der Waals surface area contributed by atoms with E-state index in [1.165, 1.54) is 12.0 Å². The molecule has 1 aliphatic heterocycles. The van der Waals surface area contributed by atoms with Crippen molar-refractivity contribution in [3.05, 3.63) is 63.2 Å². The summed E-state index contributed by atoms with van der Waals surface area (Å²) in [5.74, 6) is -3.01. The molecule has 0 fully saturated rings. The Balaban J connectivity index is 2.12. The number of carbonyl (C=O) groups is 3. The normalized spacial score (nSPS) is 13.0. The third kappa shape index (κ3) is 5.01. The van der Waals surface area contributed by atoms with Crippen molar-refractivity contribution < 1.29 is 37.0 Å². The third-order valence-electron chi connectivity index (χ3n) is 5.72. The van der Waals surface area contributed by atoms with Gasteiger partial charge in [-0.1, -0.05) is 30.4 Å². The van der Waals surface area contributed by atoms with Gasteiger partial charge in [-0.25, -0.2) is 4.79 Å². The first kappa shape index (κ1) is 25.8. The number of nitrogens with zero attached hydrogens (tertiary/aromatic N) is 1. The highest BCUT2D eigenvalue weighted by molar-refractivity contribution is 6.07. The van der Waals surface area contributed by atoms with Crippen LogP contribution in [0.25, 0.3) is 6.08 Å². The molecule has 10 heteroatoms. The van der Waals surface area contributed by atoms with Crippen LogP contribution in [-0.4, -0.2) is 50.1 Å². The molecule has 0 bridgehead atoms. The monoisotopic (exact) mass is 490 g/mol. The molecule has 0 atom stereocenters. The number of alkyl halides is 3. The van der Waals surface area contributed by atoms with Gasteiger partial charge in [-0.05, 0) is 37.0 Å². The van der Waals surface area contributed by atoms with E-state index in [2.05, 4.69) is 0 Å². The van der Waals surface area contributed by atoms with Gasteiger partial charge in [-0.3, -0.25) is 9.59 Å². The number of allylic oxidation sites excluding steroid dienone is 1. The first-order valence-electron chi connectivity index (χ1n) is 10.6. The number of aryl methyl sites for hydroxylation is 1. The average molecular weight is 490 g/mol. The molecule has 0 aromatic heterocycles. The van der Waals surface area contributed by atoms with Gasteiger partial charge >= 0.3 is 18.1 Å². The Bertz CT molecular complexity index is 1230. The number of halogens is 3. The second-order valence-corrected chi connectivity index (χ2v) is 8.24. The summed E-state index contributed by atoms with van der Waals surface area (Å²) in [4.78, 5) is 38.3. The van der Waals surface area contributed by atoms with E-state index in [1.807, 2.05) is 5.32 Å². The summed E-state index contributed by atoms with van der Waals surface area (Å²) in [5.41, 5.74) is 2.51. The minimum absolute atomic E-state index is 0.00157. The van der Waals surface area contributed by atoms with Crippen LogP contribution in [0.15, 0.2) is 24.3 Å². The largest absolute Gasteiger partial charge is 0.496 e. The second-order valence-electron chi connectivity index (χ2n) is 8.24. The highest BCUT2D eigenvalue weighted by Gasteiger charge is 2.41. The fraction of sp³-hybridized carbons (Fsp3) is 0.320. The maximum atomic E-state index is 13.1. The molecule has 1 N–H and O–H groups in total. The van der Waals surface area contributed by atoms with Gasteiger partial charge in [0.05, 0.1) is 18.4 Å². The molecule has 3 rings (SSSR count). The van der Waals surface area contributed by atoms with Crippen LogP contribution in [0.4, 0.5) is 18.9 Å². The number of nitrogens with one attached hydrogen (secondary N) is 1. The number of benzene rings is 2. The zero-order chi connectivity index (χ0) is 26.1. The summed E-state index contributed by atoms with van der Waals surface area (Å²) in [6.07, 6.45) is -1.86. The molecular formula is C25H25F3N2O5. The maximum Gasteiger partial charge on any atom is 0.471 e. The molecule has 0 unspecified atom stereocenters. The number of hydrogen-bond donors (Lipinski definition) is 1. The number of hydrogen-bond acceptors (Lipinski definition) is 5. The number of anilines is 1. The number of amides is 2. The summed E-state index contributed by atoms with van der Waals surface area (Å²) in [5, 5.41) is 1.85. The first-order chi connectivity index (χ1) is 16.4. The van der Waals surface area contributed by atoms with E-state index in [0.29, 0.717) is 22.3 Å². The fourth-order valence-corrected chi connectivity index (χ4v) is 4.02. The van der Waals surface area contributed by atoms with Crippen LogP contribution < -0.4 is 10.1 Å². The van der Waals surface area contributed by atoms with Gasteiger partial charge in [0.2, 0.25) is 0 Å². The number of carbonyl (C=O) groups excluding carboxylic acids is 3. The van der Waals surface area contributed by atoms with E-state index in [9.17, 15) is 27.6 Å². The van der Waals surface area contributed by atoms with Crippen molar-refractivity contribution in [3.8, 4) is 5.75 Å². The molecule has 0 radical (unpaired) electrons. The zero-order valence-corrected chi connectivity index (χ0v) is 19.9. The van der Waals surface area contributed by atoms with Crippen LogP contribution in [0.2, 0.25) is 0 Å². The lowest BCUT2D eigenvalue weighted by Gasteiger charge is -2.20. The molecule has 2 aromatic rings. The van der Waals surface area contributed by atoms with Crippen LogP contribution in [0.5, 0.6) is 5.75 Å². The first-order valence-corrected chi connectivity index (χ1v) is 10.6. The quantitative estimate of drug-likeness (QED) is 0.606. The summed E-state index contributed by atoms with van der Waals surface area (Å²) >= 11 is 0. The Morgan fingerprint density at radius 2 is 1.91 bits per heavy atom. The van der Waals surface area contributed by atoms with Gasteiger partial charge < -0.3 is 19.7 Å². The van der Waals surface area contributed by atoms with Crippen molar-refractivity contribution in [3.63, 3.8) is 0 Å². The van der Waals surface area contributed by atoms with E-state index in [-0.39, 0.29) is 41.5 Å². The van der Waals surface area contributed by atoms with E-state index < -0.39 is 18.1 Å². The molecule has 35 heavy (non-hydrogen) atoms. The lowest BCUT2D eigenvalue weighted by Crippen LogP contribution is -2.31. The van der Waals surface area contributed by atoms with Crippen molar-refractivity contribution >= 4 is 29.5 Å². The van der Waals surface area contributed by atoms with Crippen LogP contribution in [0, 0.1) is 13.8 Å². The van der Waals surface area contributed by atoms with Crippen molar-refractivity contribution in [2.45, 2.75) is 33.1 Å². The lowest BCUT2D eigenvalue weighted by atomic mass is 9.93. The predicted molar refractivity (Wildman–Crippen MR) is 123 cm³/mol. The number of fused-ring (bicyclic) bond motifs is 1. The Kier molecular flexibility index (Phi) is 7.23. The number of cyclic esters (lactones) is 1. The predicted octanol–water partition coefficient (Wildman–Crippen LogP) is 4.44. The van der Waals surface area contributed by atoms with Gasteiger partial charge in [0, 0.05) is 30.8 Å². The highest BCUT2D eigenvalue weighted by Crippen LogP contribution is 2.42. The summed E-state index contributed by atoms with van der Waals surface area (Å²) in [6.45, 7) is 3.33. The van der Waals surface area contributed by atoms with Crippen molar-refractivity contribution in [2.24, 2.45) is 0 Å². The Morgan fingerprint density at radius 3 is 2.51 bits per heavy atom. The topological polar surface area (TPSA) is 84.9 Å². The Hall–Kier alpha value is -3.82. The van der Waals surface area contributed by atoms with E-state index in [0.717, 1.165) is 5.56 Å². The van der Waals surface area contributed by atoms with Gasteiger partial charge in [0.15, 0.2) is 0 Å². The standard InChI is InChI=1S/C25H25F3N2O5/c1-13-8-6-9-15(18(13)22(31)30(3)4)10-7-11-16-20(29-24(33)25(26,27)28)19-17(12-35-23(19)32)14(2)21(16)34-5/h6-10H,11-12H2,1-5H3,(H,29,33)/b10-7+. The Morgan fingerprint density at radius 1 is 1.23 bits per heavy atom. The fourth-order valence-electron chi connectivity index (χ4n) is 4.02. The molecule has 0 saturated carbocycles. The highest BCUT2D eigenvalue weighted by atomic mass is 19.4. The third-order valence-corrected chi connectivity index (χ3v) is 5.72. The minimum atomic E-state index is -5.16. The second kappa shape index (κ2) is 9.81. The molecule has 2 aromatic carbocycles. The van der Waals surface area contributed by atoms with E-state index in [4.69, 9.17) is 9.47 Å². The maximum absolute atomic E-state index is 13.1. The van der Waals surface area contributed by atoms with Gasteiger partial charge in [-0.2, -0.15) is 13.2 Å². The number of ether oxygens (including phenoxy) is 2. The smallest absolute Gasteiger partial charge is 0.471 e. The molecule has 0 aliphatic carbocycles. The zero-order valence-electron chi connectivity index (χ0n) is 19.9. The van der Waals surface area contributed by atoms with Crippen LogP contribution >= 0.6 is 0 Å². The molecule has 0 spiro atoms. The van der Waals surface area contributed by atoms with Crippen molar-refractivity contribution in [1.29, 1.82) is 0 Å². The van der Waals surface area contributed by atoms with Crippen molar-refractivity contribution in [1.82, 2.24) is 4.90 Å². The molecule has 7 nitrogen and oxygen atoms in total. The van der Waals surface area contributed by atoms with Gasteiger partial charge in [0.1, 0.15) is 12.4 Å². The van der Waals surface area contributed by atoms with Gasteiger partial charge in [0.25, 0.3) is 5.91 Å². The van der Waals surface area contributed by atoms with E-state index in [1.54, 1.807) is 58.3 Å². The van der Waals surface area contributed by atoms with Crippen molar-refractivity contribution in [2.75, 3.05) is 26.5 Å². The minimum Gasteiger partial charge on any atom is -0.496 e. The number of esters is 1. The van der Waals surface area contributed by atoms with Crippen LogP contribution in [0.1, 0.15) is 48.5 Å². The molecular weight excluding hydrogens is 465 g/mol. The molecule has 1 aliphatic rings. The Labute approximate surface area is 200 Å². The number of methoxy groups -OCH3 is 1. The summed E-state index contributed by atoms with van der Waals surface area (Å²) < 4.78 is 49.7. The van der Waals surface area contributed by atoms with E-state index >= 15 is 0 Å². The van der Waals surface area contributed by atoms with Gasteiger partial charge in [-0.15, -0.1) is 0 Å². The number of rotatable bonds is 6. The average Bonchev–Trinajstić information content (AvgIpc) is 3.17. The SMILES string of the molecule is COc1c(C)c2c(c(NC(=O)C(F)(F)F)c1C/C=C/c1cccc(C)c1C(=O)N(C)C)C(=O)OC2. The summed E-state index contributed by atoms with van der Waals surface area (Å²) in [6, 6.07) is 5.33. The molecule has 2 amide bonds. The molecule has 186 valence electrons. The van der Waals surface area contributed by atoms with Crippen LogP contribution in [-0.2, 0) is 22.6 Å². The summed E-state index contributed by atoms with van der Waals surface area (Å²) in [7, 11) is 4.62. The lowest BCUT2D eigenvalue weighted by molar-refractivity contribution is -0.167. The van der Waals surface area contributed by atoms with Crippen LogP contribution in [0.3, 0.4) is 0 Å².